The summed E-state index contributed by atoms with van der Waals surface area (Å²) in [6, 6.07) is 15.4. The standard InChI is InChI=1S/C29H36N6O3/c1-21-4-5-22(2)26(18-21)33-12-10-32(11-13-33)20-24-19-27(36)31-29(30-24)35-16-14-34(15-17-35)28(37)23-6-8-25(38-3)9-7-23/h4-9,18-19H,10-17,20H2,1-3H3,(H,30,31,36). The molecule has 5 rings (SSSR count). The lowest BCUT2D eigenvalue weighted by Gasteiger charge is -2.37. The van der Waals surface area contributed by atoms with Gasteiger partial charge in [-0.25, -0.2) is 4.98 Å². The normalized spacial score (nSPS) is 16.6. The Morgan fingerprint density at radius 2 is 1.58 bits per heavy atom. The summed E-state index contributed by atoms with van der Waals surface area (Å²) in [7, 11) is 1.61. The largest absolute Gasteiger partial charge is 0.497 e. The predicted molar refractivity (Wildman–Crippen MR) is 149 cm³/mol. The van der Waals surface area contributed by atoms with Crippen LogP contribution in [0.4, 0.5) is 11.6 Å². The molecule has 0 saturated carbocycles. The molecular weight excluding hydrogens is 480 g/mol. The summed E-state index contributed by atoms with van der Waals surface area (Å²) in [5, 5.41) is 0. The monoisotopic (exact) mass is 516 g/mol. The van der Waals surface area contributed by atoms with Gasteiger partial charge in [0, 0.05) is 76.2 Å². The van der Waals surface area contributed by atoms with Gasteiger partial charge in [0.05, 0.1) is 12.8 Å². The second kappa shape index (κ2) is 11.3. The van der Waals surface area contributed by atoms with E-state index in [4.69, 9.17) is 9.72 Å². The Bertz CT molecular complexity index is 1320. The van der Waals surface area contributed by atoms with Gasteiger partial charge in [0.15, 0.2) is 0 Å². The number of ether oxygens (including phenoxy) is 1. The highest BCUT2D eigenvalue weighted by molar-refractivity contribution is 5.94. The van der Waals surface area contributed by atoms with Gasteiger partial charge in [0.2, 0.25) is 5.95 Å². The minimum Gasteiger partial charge on any atom is -0.497 e. The average Bonchev–Trinajstić information content (AvgIpc) is 2.94. The number of aryl methyl sites for hydroxylation is 2. The molecule has 1 aromatic heterocycles. The molecule has 1 N–H and O–H groups in total. The highest BCUT2D eigenvalue weighted by atomic mass is 16.5. The third-order valence-electron chi connectivity index (χ3n) is 7.45. The van der Waals surface area contributed by atoms with Crippen LogP contribution in [0.3, 0.4) is 0 Å². The fraction of sp³-hybridized carbons (Fsp3) is 0.414. The average molecular weight is 517 g/mol. The number of aromatic nitrogens is 2. The van der Waals surface area contributed by atoms with Crippen molar-refractivity contribution in [2.24, 2.45) is 0 Å². The summed E-state index contributed by atoms with van der Waals surface area (Å²) in [6.45, 7) is 11.0. The molecule has 9 nitrogen and oxygen atoms in total. The fourth-order valence-corrected chi connectivity index (χ4v) is 5.20. The van der Waals surface area contributed by atoms with Gasteiger partial charge in [-0.05, 0) is 55.3 Å². The van der Waals surface area contributed by atoms with Crippen LogP contribution < -0.4 is 20.1 Å². The summed E-state index contributed by atoms with van der Waals surface area (Å²) < 4.78 is 5.18. The second-order valence-electron chi connectivity index (χ2n) is 10.1. The van der Waals surface area contributed by atoms with E-state index < -0.39 is 0 Å². The smallest absolute Gasteiger partial charge is 0.253 e. The minimum absolute atomic E-state index is 0.00232. The number of carbonyl (C=O) groups is 1. The van der Waals surface area contributed by atoms with Crippen molar-refractivity contribution in [3.8, 4) is 5.75 Å². The van der Waals surface area contributed by atoms with Crippen molar-refractivity contribution in [1.82, 2.24) is 19.8 Å². The minimum atomic E-state index is -0.143. The molecule has 2 aliphatic heterocycles. The van der Waals surface area contributed by atoms with Gasteiger partial charge in [0.25, 0.3) is 11.5 Å². The number of H-pyrrole nitrogens is 1. The van der Waals surface area contributed by atoms with Crippen LogP contribution in [0.25, 0.3) is 0 Å². The maximum atomic E-state index is 12.9. The molecule has 2 fully saturated rings. The van der Waals surface area contributed by atoms with Crippen molar-refractivity contribution in [2.75, 3.05) is 69.3 Å². The van der Waals surface area contributed by atoms with Crippen molar-refractivity contribution in [1.29, 1.82) is 0 Å². The molecule has 3 heterocycles. The molecule has 38 heavy (non-hydrogen) atoms. The van der Waals surface area contributed by atoms with Crippen LogP contribution in [0, 0.1) is 13.8 Å². The zero-order chi connectivity index (χ0) is 26.6. The number of nitrogens with zero attached hydrogens (tertiary/aromatic N) is 5. The van der Waals surface area contributed by atoms with E-state index in [2.05, 4.69) is 51.7 Å². The van der Waals surface area contributed by atoms with Gasteiger partial charge < -0.3 is 19.4 Å². The summed E-state index contributed by atoms with van der Waals surface area (Å²) in [5.41, 5.74) is 5.17. The van der Waals surface area contributed by atoms with Crippen molar-refractivity contribution in [3.05, 3.63) is 81.3 Å². The van der Waals surface area contributed by atoms with E-state index in [9.17, 15) is 9.59 Å². The Morgan fingerprint density at radius 1 is 0.895 bits per heavy atom. The fourth-order valence-electron chi connectivity index (χ4n) is 5.20. The Morgan fingerprint density at radius 3 is 2.26 bits per heavy atom. The van der Waals surface area contributed by atoms with E-state index in [-0.39, 0.29) is 11.5 Å². The molecule has 0 atom stereocenters. The number of carbonyl (C=O) groups excluding carboxylic acids is 1. The van der Waals surface area contributed by atoms with Gasteiger partial charge in [0.1, 0.15) is 5.75 Å². The zero-order valence-electron chi connectivity index (χ0n) is 22.4. The molecule has 2 aromatic carbocycles. The first kappa shape index (κ1) is 25.8. The quantitative estimate of drug-likeness (QED) is 0.539. The van der Waals surface area contributed by atoms with Crippen LogP contribution in [0.15, 0.2) is 53.3 Å². The van der Waals surface area contributed by atoms with Gasteiger partial charge >= 0.3 is 0 Å². The maximum absolute atomic E-state index is 12.9. The molecule has 2 saturated heterocycles. The number of hydrogen-bond donors (Lipinski definition) is 1. The van der Waals surface area contributed by atoms with Crippen LogP contribution in [-0.2, 0) is 6.54 Å². The number of aromatic amines is 1. The lowest BCUT2D eigenvalue weighted by molar-refractivity contribution is 0.0746. The molecule has 9 heteroatoms. The molecule has 3 aromatic rings. The van der Waals surface area contributed by atoms with Crippen LogP contribution in [0.2, 0.25) is 0 Å². The van der Waals surface area contributed by atoms with Gasteiger partial charge in [-0.3, -0.25) is 19.5 Å². The first-order chi connectivity index (χ1) is 18.4. The molecule has 0 bridgehead atoms. The second-order valence-corrected chi connectivity index (χ2v) is 10.1. The van der Waals surface area contributed by atoms with Crippen LogP contribution in [-0.4, -0.2) is 85.1 Å². The number of benzene rings is 2. The molecule has 0 radical (unpaired) electrons. The van der Waals surface area contributed by atoms with Crippen molar-refractivity contribution < 1.29 is 9.53 Å². The lowest BCUT2D eigenvalue weighted by atomic mass is 10.1. The maximum Gasteiger partial charge on any atom is 0.253 e. The highest BCUT2D eigenvalue weighted by Crippen LogP contribution is 2.23. The Kier molecular flexibility index (Phi) is 7.64. The Labute approximate surface area is 223 Å². The molecular formula is C29H36N6O3. The topological polar surface area (TPSA) is 85.0 Å². The van der Waals surface area contributed by atoms with Gasteiger partial charge in [-0.1, -0.05) is 12.1 Å². The number of rotatable bonds is 6. The summed E-state index contributed by atoms with van der Waals surface area (Å²) in [4.78, 5) is 41.8. The molecule has 200 valence electrons. The number of methoxy groups -OCH3 is 1. The third kappa shape index (κ3) is 5.83. The highest BCUT2D eigenvalue weighted by Gasteiger charge is 2.24. The van der Waals surface area contributed by atoms with Crippen LogP contribution in [0.5, 0.6) is 5.75 Å². The number of piperazine rings is 2. The Balaban J connectivity index is 1.17. The van der Waals surface area contributed by atoms with Gasteiger partial charge in [-0.15, -0.1) is 0 Å². The molecule has 0 unspecified atom stereocenters. The lowest BCUT2D eigenvalue weighted by Crippen LogP contribution is -2.49. The van der Waals surface area contributed by atoms with Crippen LogP contribution in [0.1, 0.15) is 27.2 Å². The van der Waals surface area contributed by atoms with Crippen molar-refractivity contribution in [2.45, 2.75) is 20.4 Å². The number of amides is 1. The number of anilines is 2. The van der Waals surface area contributed by atoms with E-state index in [1.54, 1.807) is 37.4 Å². The molecule has 0 aliphatic carbocycles. The van der Waals surface area contributed by atoms with Crippen molar-refractivity contribution in [3.63, 3.8) is 0 Å². The molecule has 2 aliphatic rings. The van der Waals surface area contributed by atoms with Crippen LogP contribution >= 0.6 is 0 Å². The van der Waals surface area contributed by atoms with Crippen molar-refractivity contribution >= 4 is 17.5 Å². The summed E-state index contributed by atoms with van der Waals surface area (Å²) >= 11 is 0. The van der Waals surface area contributed by atoms with E-state index >= 15 is 0 Å². The summed E-state index contributed by atoms with van der Waals surface area (Å²) in [5.74, 6) is 1.31. The van der Waals surface area contributed by atoms with E-state index in [0.29, 0.717) is 44.2 Å². The zero-order valence-corrected chi connectivity index (χ0v) is 22.4. The first-order valence-corrected chi connectivity index (χ1v) is 13.2. The Hall–Kier alpha value is -3.85. The molecule has 1 amide bonds. The predicted octanol–water partition coefficient (Wildman–Crippen LogP) is 2.68. The van der Waals surface area contributed by atoms with E-state index in [1.807, 2.05) is 4.90 Å². The number of hydrogen-bond acceptors (Lipinski definition) is 7. The first-order valence-electron chi connectivity index (χ1n) is 13.2. The molecule has 0 spiro atoms. The van der Waals surface area contributed by atoms with Gasteiger partial charge in [-0.2, -0.15) is 0 Å². The SMILES string of the molecule is COc1ccc(C(=O)N2CCN(c3nc(CN4CCN(c5cc(C)ccc5C)CC4)cc(=O)[nH]3)CC2)cc1. The summed E-state index contributed by atoms with van der Waals surface area (Å²) in [6.07, 6.45) is 0. The van der Waals surface area contributed by atoms with E-state index in [1.165, 1.54) is 16.8 Å². The third-order valence-corrected chi connectivity index (χ3v) is 7.45. The number of nitrogens with one attached hydrogen (secondary N) is 1. The van der Waals surface area contributed by atoms with E-state index in [0.717, 1.165) is 37.6 Å².